The van der Waals surface area contributed by atoms with Gasteiger partial charge >= 0.3 is 0 Å². The Kier molecular flexibility index (Phi) is 8.48. The lowest BCUT2D eigenvalue weighted by atomic mass is 10.2. The quantitative estimate of drug-likeness (QED) is 0.582. The Balaban J connectivity index is 2.18. The van der Waals surface area contributed by atoms with Crippen molar-refractivity contribution in [2.24, 2.45) is 0 Å². The molecule has 20 heavy (non-hydrogen) atoms. The van der Waals surface area contributed by atoms with Crippen molar-refractivity contribution >= 4 is 0 Å². The molecule has 0 spiro atoms. The van der Waals surface area contributed by atoms with E-state index in [1.165, 1.54) is 0 Å². The van der Waals surface area contributed by atoms with Crippen LogP contribution in [0.3, 0.4) is 0 Å². The normalized spacial score (nSPS) is 10.2. The Hall–Kier alpha value is -1.54. The molecule has 0 atom stereocenters. The fourth-order valence-corrected chi connectivity index (χ4v) is 1.47. The minimum absolute atomic E-state index is 0.141. The highest BCUT2D eigenvalue weighted by molar-refractivity contribution is 5.39. The van der Waals surface area contributed by atoms with E-state index in [2.05, 4.69) is 11.8 Å². The van der Waals surface area contributed by atoms with Crippen molar-refractivity contribution in [2.45, 2.75) is 20.0 Å². The van der Waals surface area contributed by atoms with Gasteiger partial charge in [0.25, 0.3) is 0 Å². The molecule has 1 N–H and O–H groups in total. The zero-order valence-electron chi connectivity index (χ0n) is 12.1. The molecule has 4 heteroatoms. The van der Waals surface area contributed by atoms with Crippen LogP contribution in [0.4, 0.5) is 0 Å². The smallest absolute Gasteiger partial charge is 0.120 e. The lowest BCUT2D eigenvalue weighted by Crippen LogP contribution is -2.13. The monoisotopic (exact) mass is 278 g/mol. The van der Waals surface area contributed by atoms with Gasteiger partial charge in [0, 0.05) is 5.56 Å². The number of aliphatic hydroxyl groups excluding tert-OH is 1. The van der Waals surface area contributed by atoms with Crippen LogP contribution in [0, 0.1) is 11.8 Å². The molecular weight excluding hydrogens is 256 g/mol. The zero-order valence-corrected chi connectivity index (χ0v) is 12.1. The maximum atomic E-state index is 8.64. The van der Waals surface area contributed by atoms with Gasteiger partial charge in [-0.25, -0.2) is 0 Å². The van der Waals surface area contributed by atoms with Gasteiger partial charge in [0.2, 0.25) is 0 Å². The maximum absolute atomic E-state index is 8.64. The first-order valence-corrected chi connectivity index (χ1v) is 6.74. The van der Waals surface area contributed by atoms with Gasteiger partial charge in [-0.15, -0.1) is 0 Å². The molecule has 0 bridgehead atoms. The van der Waals surface area contributed by atoms with Gasteiger partial charge in [-0.2, -0.15) is 0 Å². The van der Waals surface area contributed by atoms with E-state index < -0.39 is 0 Å². The second-order valence-corrected chi connectivity index (χ2v) is 4.37. The second-order valence-electron chi connectivity index (χ2n) is 4.37. The van der Waals surface area contributed by atoms with Crippen molar-refractivity contribution < 1.29 is 19.3 Å². The average Bonchev–Trinajstić information content (AvgIpc) is 2.44. The Bertz CT molecular complexity index is 432. The second kappa shape index (κ2) is 10.3. The van der Waals surface area contributed by atoms with Gasteiger partial charge in [-0.05, 0) is 32.0 Å². The van der Waals surface area contributed by atoms with Crippen LogP contribution in [-0.2, 0) is 9.47 Å². The Morgan fingerprint density at radius 2 is 1.95 bits per heavy atom. The van der Waals surface area contributed by atoms with Crippen LogP contribution in [-0.4, -0.2) is 44.2 Å². The van der Waals surface area contributed by atoms with Crippen molar-refractivity contribution in [3.63, 3.8) is 0 Å². The summed E-state index contributed by atoms with van der Waals surface area (Å²) in [5, 5.41) is 8.64. The van der Waals surface area contributed by atoms with E-state index in [9.17, 15) is 0 Å². The molecule has 0 aliphatic carbocycles. The predicted molar refractivity (Wildman–Crippen MR) is 77.8 cm³/mol. The third-order valence-electron chi connectivity index (χ3n) is 2.32. The molecule has 0 heterocycles. The highest BCUT2D eigenvalue weighted by atomic mass is 16.5. The summed E-state index contributed by atoms with van der Waals surface area (Å²) in [7, 11) is 0. The van der Waals surface area contributed by atoms with E-state index in [1.807, 2.05) is 38.1 Å². The van der Waals surface area contributed by atoms with Crippen LogP contribution in [0.15, 0.2) is 24.3 Å². The number of hydrogen-bond donors (Lipinski definition) is 1. The topological polar surface area (TPSA) is 47.9 Å². The standard InChI is InChI=1S/C16H22O4/c1-14(2)19-11-9-18-10-12-20-16-7-3-5-15(13-16)6-4-8-17/h3,5,7,13-14,17H,8-12H2,1-2H3. The first-order valence-electron chi connectivity index (χ1n) is 6.74. The minimum Gasteiger partial charge on any atom is -0.491 e. The molecule has 4 nitrogen and oxygen atoms in total. The van der Waals surface area contributed by atoms with Crippen LogP contribution in [0.5, 0.6) is 5.75 Å². The number of aliphatic hydroxyl groups is 1. The van der Waals surface area contributed by atoms with E-state index in [-0.39, 0.29) is 12.7 Å². The molecule has 0 amide bonds. The molecule has 0 fully saturated rings. The van der Waals surface area contributed by atoms with E-state index in [0.717, 1.165) is 11.3 Å². The van der Waals surface area contributed by atoms with Crippen LogP contribution in [0.2, 0.25) is 0 Å². The van der Waals surface area contributed by atoms with Crippen molar-refractivity contribution in [1.29, 1.82) is 0 Å². The summed E-state index contributed by atoms with van der Waals surface area (Å²) in [6, 6.07) is 7.44. The predicted octanol–water partition coefficient (Wildman–Crippen LogP) is 1.85. The maximum Gasteiger partial charge on any atom is 0.120 e. The summed E-state index contributed by atoms with van der Waals surface area (Å²) >= 11 is 0. The third kappa shape index (κ3) is 7.80. The number of benzene rings is 1. The van der Waals surface area contributed by atoms with Crippen LogP contribution in [0.25, 0.3) is 0 Å². The Morgan fingerprint density at radius 1 is 1.15 bits per heavy atom. The molecule has 1 aromatic rings. The molecule has 0 aliphatic heterocycles. The molecule has 0 saturated carbocycles. The van der Waals surface area contributed by atoms with Crippen molar-refractivity contribution in [2.75, 3.05) is 33.0 Å². The van der Waals surface area contributed by atoms with E-state index in [4.69, 9.17) is 19.3 Å². The molecule has 0 unspecified atom stereocenters. The lowest BCUT2D eigenvalue weighted by molar-refractivity contribution is 0.0124. The molecule has 0 aromatic heterocycles. The molecule has 0 aliphatic rings. The van der Waals surface area contributed by atoms with Crippen molar-refractivity contribution in [1.82, 2.24) is 0 Å². The van der Waals surface area contributed by atoms with Gasteiger partial charge in [0.15, 0.2) is 0 Å². The summed E-state index contributed by atoms with van der Waals surface area (Å²) in [5.74, 6) is 6.19. The largest absolute Gasteiger partial charge is 0.491 e. The Labute approximate surface area is 120 Å². The number of hydrogen-bond acceptors (Lipinski definition) is 4. The SMILES string of the molecule is CC(C)OCCOCCOc1cccc(C#CCO)c1. The molecule has 0 saturated heterocycles. The summed E-state index contributed by atoms with van der Waals surface area (Å²) < 4.78 is 16.3. The first kappa shape index (κ1) is 16.5. The molecule has 1 rings (SSSR count). The van der Waals surface area contributed by atoms with E-state index in [1.54, 1.807) is 0 Å². The zero-order chi connectivity index (χ0) is 14.6. The number of ether oxygens (including phenoxy) is 3. The van der Waals surface area contributed by atoms with Crippen LogP contribution in [0.1, 0.15) is 19.4 Å². The van der Waals surface area contributed by atoms with Gasteiger partial charge in [0.1, 0.15) is 19.0 Å². The van der Waals surface area contributed by atoms with Crippen molar-refractivity contribution in [3.8, 4) is 17.6 Å². The molecule has 110 valence electrons. The lowest BCUT2D eigenvalue weighted by Gasteiger charge is -2.09. The summed E-state index contributed by atoms with van der Waals surface area (Å²) in [4.78, 5) is 0. The van der Waals surface area contributed by atoms with Gasteiger partial charge < -0.3 is 19.3 Å². The highest BCUT2D eigenvalue weighted by Crippen LogP contribution is 2.12. The summed E-state index contributed by atoms with van der Waals surface area (Å²) in [5.41, 5.74) is 0.822. The van der Waals surface area contributed by atoms with Crippen LogP contribution < -0.4 is 4.74 Å². The fraction of sp³-hybridized carbons (Fsp3) is 0.500. The fourth-order valence-electron chi connectivity index (χ4n) is 1.47. The average molecular weight is 278 g/mol. The third-order valence-corrected chi connectivity index (χ3v) is 2.32. The highest BCUT2D eigenvalue weighted by Gasteiger charge is 1.96. The van der Waals surface area contributed by atoms with E-state index >= 15 is 0 Å². The summed E-state index contributed by atoms with van der Waals surface area (Å²) in [6.45, 7) is 6.03. The number of rotatable bonds is 8. The minimum atomic E-state index is -0.141. The van der Waals surface area contributed by atoms with Gasteiger partial charge in [-0.3, -0.25) is 0 Å². The molecule has 1 aromatic carbocycles. The van der Waals surface area contributed by atoms with Gasteiger partial charge in [0.05, 0.1) is 25.9 Å². The van der Waals surface area contributed by atoms with Crippen LogP contribution >= 0.6 is 0 Å². The summed E-state index contributed by atoms with van der Waals surface area (Å²) in [6.07, 6.45) is 0.234. The molecular formula is C16H22O4. The molecule has 0 radical (unpaired) electrons. The first-order chi connectivity index (χ1) is 9.72. The van der Waals surface area contributed by atoms with E-state index in [0.29, 0.717) is 26.4 Å². The van der Waals surface area contributed by atoms with Gasteiger partial charge in [-0.1, -0.05) is 17.9 Å². The van der Waals surface area contributed by atoms with Crippen molar-refractivity contribution in [3.05, 3.63) is 29.8 Å². The Morgan fingerprint density at radius 3 is 2.70 bits per heavy atom.